The van der Waals surface area contributed by atoms with Crippen molar-refractivity contribution in [2.45, 2.75) is 13.3 Å². The number of fused-ring (bicyclic) bond motifs is 1. The quantitative estimate of drug-likeness (QED) is 0.789. The van der Waals surface area contributed by atoms with Crippen LogP contribution in [-0.2, 0) is 16.0 Å². The molecule has 2 rings (SSSR count). The van der Waals surface area contributed by atoms with Gasteiger partial charge in [-0.15, -0.1) is 5.10 Å². The number of hydrogen-bond donors (Lipinski definition) is 1. The van der Waals surface area contributed by atoms with Crippen LogP contribution in [0.4, 0.5) is 5.95 Å². The van der Waals surface area contributed by atoms with E-state index >= 15 is 0 Å². The third-order valence-electron chi connectivity index (χ3n) is 2.57. The molecule has 2 aromatic heterocycles. The summed E-state index contributed by atoms with van der Waals surface area (Å²) in [6.45, 7) is 1.81. The minimum Gasteiger partial charge on any atom is -0.469 e. The van der Waals surface area contributed by atoms with E-state index in [4.69, 9.17) is 10.5 Å². The van der Waals surface area contributed by atoms with E-state index in [2.05, 4.69) is 10.1 Å². The topological polar surface area (TPSA) is 82.5 Å². The van der Waals surface area contributed by atoms with Crippen molar-refractivity contribution in [3.05, 3.63) is 23.9 Å². The lowest BCUT2D eigenvalue weighted by molar-refractivity contribution is -0.144. The van der Waals surface area contributed by atoms with Crippen molar-refractivity contribution in [3.8, 4) is 0 Å². The molecular formula is C11H14N4O2. The Labute approximate surface area is 98.4 Å². The van der Waals surface area contributed by atoms with Crippen LogP contribution in [0.2, 0.25) is 0 Å². The number of anilines is 1. The highest BCUT2D eigenvalue weighted by molar-refractivity contribution is 5.72. The van der Waals surface area contributed by atoms with Crippen molar-refractivity contribution in [1.82, 2.24) is 14.6 Å². The molecule has 2 N–H and O–H groups in total. The zero-order valence-corrected chi connectivity index (χ0v) is 9.75. The molecule has 0 bridgehead atoms. The van der Waals surface area contributed by atoms with Gasteiger partial charge in [0, 0.05) is 12.1 Å². The fraction of sp³-hybridized carbons (Fsp3) is 0.364. The van der Waals surface area contributed by atoms with Gasteiger partial charge in [0.15, 0.2) is 5.65 Å². The van der Waals surface area contributed by atoms with Crippen LogP contribution in [0.1, 0.15) is 12.6 Å². The van der Waals surface area contributed by atoms with E-state index in [-0.39, 0.29) is 17.8 Å². The molecule has 1 unspecified atom stereocenters. The molecule has 6 heteroatoms. The lowest BCUT2D eigenvalue weighted by Gasteiger charge is -2.09. The smallest absolute Gasteiger partial charge is 0.308 e. The van der Waals surface area contributed by atoms with Crippen molar-refractivity contribution in [3.63, 3.8) is 0 Å². The summed E-state index contributed by atoms with van der Waals surface area (Å²) in [5.74, 6) is -0.241. The van der Waals surface area contributed by atoms with E-state index in [9.17, 15) is 4.79 Å². The highest BCUT2D eigenvalue weighted by Gasteiger charge is 2.16. The number of carbonyl (C=O) groups excluding carboxylic acids is 1. The summed E-state index contributed by atoms with van der Waals surface area (Å²) in [4.78, 5) is 15.4. The van der Waals surface area contributed by atoms with Crippen molar-refractivity contribution in [1.29, 1.82) is 0 Å². The van der Waals surface area contributed by atoms with E-state index in [1.807, 2.05) is 25.1 Å². The number of esters is 1. The number of ether oxygens (including phenoxy) is 1. The Morgan fingerprint density at radius 1 is 1.59 bits per heavy atom. The third kappa shape index (κ3) is 2.20. The molecule has 17 heavy (non-hydrogen) atoms. The first-order valence-electron chi connectivity index (χ1n) is 5.30. The van der Waals surface area contributed by atoms with E-state index < -0.39 is 0 Å². The van der Waals surface area contributed by atoms with Crippen LogP contribution in [-0.4, -0.2) is 27.7 Å². The average molecular weight is 234 g/mol. The predicted octanol–water partition coefficient (Wildman–Crippen LogP) is 0.663. The van der Waals surface area contributed by atoms with Gasteiger partial charge in [-0.3, -0.25) is 4.79 Å². The fourth-order valence-electron chi connectivity index (χ4n) is 1.73. The molecule has 0 saturated carbocycles. The fourth-order valence-corrected chi connectivity index (χ4v) is 1.73. The zero-order valence-electron chi connectivity index (χ0n) is 9.75. The monoisotopic (exact) mass is 234 g/mol. The van der Waals surface area contributed by atoms with E-state index in [1.165, 1.54) is 7.11 Å². The molecule has 0 amide bonds. The molecular weight excluding hydrogens is 220 g/mol. The van der Waals surface area contributed by atoms with Crippen molar-refractivity contribution in [2.75, 3.05) is 12.8 Å². The van der Waals surface area contributed by atoms with Gasteiger partial charge in [-0.2, -0.15) is 4.98 Å². The second-order valence-electron chi connectivity index (χ2n) is 3.89. The zero-order chi connectivity index (χ0) is 12.4. The molecule has 0 radical (unpaired) electrons. The van der Waals surface area contributed by atoms with Crippen LogP contribution in [0.15, 0.2) is 18.2 Å². The van der Waals surface area contributed by atoms with E-state index in [1.54, 1.807) is 4.52 Å². The summed E-state index contributed by atoms with van der Waals surface area (Å²) in [7, 11) is 1.38. The largest absolute Gasteiger partial charge is 0.469 e. The van der Waals surface area contributed by atoms with Crippen LogP contribution in [0.25, 0.3) is 5.65 Å². The molecule has 90 valence electrons. The lowest BCUT2D eigenvalue weighted by atomic mass is 10.1. The molecule has 0 aliphatic carbocycles. The van der Waals surface area contributed by atoms with Gasteiger partial charge in [-0.1, -0.05) is 13.0 Å². The molecule has 6 nitrogen and oxygen atoms in total. The van der Waals surface area contributed by atoms with Crippen LogP contribution in [0, 0.1) is 5.92 Å². The van der Waals surface area contributed by atoms with Crippen LogP contribution in [0.3, 0.4) is 0 Å². The van der Waals surface area contributed by atoms with Gasteiger partial charge in [0.05, 0.1) is 13.0 Å². The Morgan fingerprint density at radius 2 is 2.35 bits per heavy atom. The van der Waals surface area contributed by atoms with Gasteiger partial charge in [-0.25, -0.2) is 4.52 Å². The Kier molecular flexibility index (Phi) is 2.95. The molecule has 0 spiro atoms. The first-order chi connectivity index (χ1) is 8.11. The number of hydrogen-bond acceptors (Lipinski definition) is 5. The first-order valence-corrected chi connectivity index (χ1v) is 5.30. The molecule has 2 aromatic rings. The molecule has 0 saturated heterocycles. The standard InChI is InChI=1S/C11H14N4O2/c1-7(10(16)17-2)6-8-4-3-5-9-13-11(12)14-15(8)9/h3-5,7H,6H2,1-2H3,(H2,12,14). The Bertz CT molecular complexity index is 549. The van der Waals surface area contributed by atoms with Gasteiger partial charge in [0.2, 0.25) is 5.95 Å². The molecule has 0 aromatic carbocycles. The number of nitrogens with two attached hydrogens (primary N) is 1. The maximum atomic E-state index is 11.4. The van der Waals surface area contributed by atoms with E-state index in [0.717, 1.165) is 5.69 Å². The number of methoxy groups -OCH3 is 1. The number of nitrogen functional groups attached to an aromatic ring is 1. The maximum Gasteiger partial charge on any atom is 0.308 e. The van der Waals surface area contributed by atoms with E-state index in [0.29, 0.717) is 12.1 Å². The summed E-state index contributed by atoms with van der Waals surface area (Å²) in [6, 6.07) is 5.57. The maximum absolute atomic E-state index is 11.4. The molecule has 2 heterocycles. The number of carbonyl (C=O) groups is 1. The normalized spacial score (nSPS) is 12.6. The Morgan fingerprint density at radius 3 is 3.06 bits per heavy atom. The van der Waals surface area contributed by atoms with Crippen molar-refractivity contribution < 1.29 is 9.53 Å². The molecule has 0 aliphatic rings. The van der Waals surface area contributed by atoms with Gasteiger partial charge in [0.25, 0.3) is 0 Å². The highest BCUT2D eigenvalue weighted by Crippen LogP contribution is 2.12. The first kappa shape index (κ1) is 11.4. The summed E-state index contributed by atoms with van der Waals surface area (Å²) >= 11 is 0. The molecule has 0 aliphatic heterocycles. The molecule has 0 fully saturated rings. The summed E-state index contributed by atoms with van der Waals surface area (Å²) in [5, 5.41) is 4.08. The van der Waals surface area contributed by atoms with Crippen LogP contribution >= 0.6 is 0 Å². The van der Waals surface area contributed by atoms with Crippen molar-refractivity contribution in [2.24, 2.45) is 5.92 Å². The number of rotatable bonds is 3. The lowest BCUT2D eigenvalue weighted by Crippen LogP contribution is -2.16. The Hall–Kier alpha value is -2.11. The van der Waals surface area contributed by atoms with Gasteiger partial charge in [0.1, 0.15) is 0 Å². The Balaban J connectivity index is 2.32. The number of nitrogens with zero attached hydrogens (tertiary/aromatic N) is 3. The highest BCUT2D eigenvalue weighted by atomic mass is 16.5. The number of pyridine rings is 1. The van der Waals surface area contributed by atoms with Gasteiger partial charge >= 0.3 is 5.97 Å². The minimum atomic E-state index is -0.241. The summed E-state index contributed by atoms with van der Waals surface area (Å²) in [5.41, 5.74) is 7.10. The van der Waals surface area contributed by atoms with Gasteiger partial charge in [-0.05, 0) is 12.1 Å². The number of aromatic nitrogens is 3. The summed E-state index contributed by atoms with van der Waals surface area (Å²) in [6.07, 6.45) is 0.535. The van der Waals surface area contributed by atoms with Crippen LogP contribution < -0.4 is 5.73 Å². The molecule has 1 atom stereocenters. The third-order valence-corrected chi connectivity index (χ3v) is 2.57. The second-order valence-corrected chi connectivity index (χ2v) is 3.89. The predicted molar refractivity (Wildman–Crippen MR) is 62.3 cm³/mol. The average Bonchev–Trinajstić information content (AvgIpc) is 2.69. The minimum absolute atomic E-state index is 0.225. The van der Waals surface area contributed by atoms with Crippen molar-refractivity contribution >= 4 is 17.6 Å². The summed E-state index contributed by atoms with van der Waals surface area (Å²) < 4.78 is 6.34. The second kappa shape index (κ2) is 4.40. The SMILES string of the molecule is COC(=O)C(C)Cc1cccc2nc(N)nn12. The van der Waals surface area contributed by atoms with Gasteiger partial charge < -0.3 is 10.5 Å². The van der Waals surface area contributed by atoms with Crippen LogP contribution in [0.5, 0.6) is 0 Å².